The lowest BCUT2D eigenvalue weighted by atomic mass is 9.90. The quantitative estimate of drug-likeness (QED) is 0.110. The van der Waals surface area contributed by atoms with E-state index in [0.29, 0.717) is 58.7 Å². The number of carbonyl (C=O) groups is 1. The van der Waals surface area contributed by atoms with E-state index in [1.807, 2.05) is 91.1 Å². The fourth-order valence-corrected chi connectivity index (χ4v) is 13.8. The van der Waals surface area contributed by atoms with Gasteiger partial charge in [-0.25, -0.2) is 29.9 Å². The van der Waals surface area contributed by atoms with E-state index in [9.17, 15) is 15.0 Å². The zero-order chi connectivity index (χ0) is 50.7. The molecule has 2 fully saturated rings. The number of thiazole rings is 4. The molecule has 13 rings (SSSR count). The van der Waals surface area contributed by atoms with Crippen LogP contribution in [0.1, 0.15) is 132 Å². The van der Waals surface area contributed by atoms with Gasteiger partial charge in [0.1, 0.15) is 43.2 Å². The molecule has 15 nitrogen and oxygen atoms in total. The number of aromatic nitrogens is 10. The minimum atomic E-state index is -1.68. The van der Waals surface area contributed by atoms with E-state index in [4.69, 9.17) is 19.0 Å². The lowest BCUT2D eigenvalue weighted by Gasteiger charge is -2.25. The van der Waals surface area contributed by atoms with Crippen LogP contribution < -0.4 is 0 Å². The minimum absolute atomic E-state index is 0.125. The summed E-state index contributed by atoms with van der Waals surface area (Å²) < 4.78 is 12.7. The second-order valence-corrected chi connectivity index (χ2v) is 24.9. The van der Waals surface area contributed by atoms with E-state index in [2.05, 4.69) is 41.3 Å². The van der Waals surface area contributed by atoms with Crippen LogP contribution in [0.4, 0.5) is 0 Å². The number of hydrogen-bond donors (Lipinski definition) is 3. The van der Waals surface area contributed by atoms with Crippen molar-refractivity contribution in [1.82, 2.24) is 49.8 Å². The monoisotopic (exact) mass is 1060 g/mol. The Morgan fingerprint density at radius 1 is 0.644 bits per heavy atom. The van der Waals surface area contributed by atoms with Crippen LogP contribution in [0.3, 0.4) is 0 Å². The predicted molar refractivity (Wildman–Crippen MR) is 285 cm³/mol. The highest BCUT2D eigenvalue weighted by atomic mass is 32.1. The number of fused-ring (bicyclic) bond motifs is 2. The Bertz CT molecular complexity index is 3790. The molecule has 2 aromatic carbocycles. The number of benzene rings is 2. The van der Waals surface area contributed by atoms with Crippen LogP contribution in [0, 0.1) is 55.4 Å². The second-order valence-electron chi connectivity index (χ2n) is 19.0. The van der Waals surface area contributed by atoms with Crippen molar-refractivity contribution in [3.05, 3.63) is 157 Å². The number of hydrogen-bond acceptors (Lipinski definition) is 18. The number of rotatable bonds is 11. The van der Waals surface area contributed by atoms with E-state index < -0.39 is 11.2 Å². The van der Waals surface area contributed by atoms with Gasteiger partial charge in [0.25, 0.3) is 5.91 Å². The van der Waals surface area contributed by atoms with Crippen LogP contribution in [0.5, 0.6) is 0 Å². The fraction of sp³-hybridized carbons (Fsp3) is 0.302. The summed E-state index contributed by atoms with van der Waals surface area (Å²) in [5.74, 6) is 3.58. The van der Waals surface area contributed by atoms with Crippen molar-refractivity contribution in [1.29, 1.82) is 0 Å². The molecule has 9 aromatic heterocycles. The molecule has 0 amide bonds. The first-order chi connectivity index (χ1) is 35.1. The van der Waals surface area contributed by atoms with E-state index in [1.54, 1.807) is 29.4 Å². The van der Waals surface area contributed by atoms with Gasteiger partial charge in [-0.15, -0.1) is 56.7 Å². The number of imidazole rings is 2. The van der Waals surface area contributed by atoms with E-state index in [1.165, 1.54) is 56.7 Å². The zero-order valence-corrected chi connectivity index (χ0v) is 45.1. The van der Waals surface area contributed by atoms with Gasteiger partial charge >= 0.3 is 0 Å². The summed E-state index contributed by atoms with van der Waals surface area (Å²) in [5, 5.41) is 37.7. The van der Waals surface area contributed by atoms with Crippen LogP contribution >= 0.6 is 56.7 Å². The first-order valence-electron chi connectivity index (χ1n) is 23.8. The van der Waals surface area contributed by atoms with Gasteiger partial charge in [-0.05, 0) is 128 Å². The molecule has 0 aliphatic heterocycles. The average molecular weight is 1070 g/mol. The maximum Gasteiger partial charge on any atom is 0.273 e. The Labute approximate surface area is 438 Å². The van der Waals surface area contributed by atoms with Crippen molar-refractivity contribution >= 4 is 84.7 Å². The maximum absolute atomic E-state index is 14.0. The third kappa shape index (κ3) is 8.14. The zero-order valence-electron chi connectivity index (χ0n) is 41.0. The van der Waals surface area contributed by atoms with Gasteiger partial charge in [-0.1, -0.05) is 16.4 Å². The summed E-state index contributed by atoms with van der Waals surface area (Å²) in [5.41, 5.74) is 5.77. The van der Waals surface area contributed by atoms with Gasteiger partial charge in [0, 0.05) is 78.4 Å². The molecule has 9 heterocycles. The van der Waals surface area contributed by atoms with Crippen molar-refractivity contribution in [2.45, 2.75) is 104 Å². The molecular weight excluding hydrogens is 1020 g/mol. The molecular formula is C53H48N10O5S5. The SMILES string of the molecule is Cc1cnc(C(O)(c2ncc(C)s2)c2cc(-c3c(C)noc3C)cc3[nH]c(C4CC4)nc23)s1.Cc1cnc(C(O)(c2ncc(C)s2)c2cc(-c3c(C)noc3C)cc3c2nc(C2CC2)n3C(=O)c2cccs2)s1. The van der Waals surface area contributed by atoms with Gasteiger partial charge < -0.3 is 24.2 Å². The van der Waals surface area contributed by atoms with Gasteiger partial charge in [0.05, 0.1) is 38.3 Å². The van der Waals surface area contributed by atoms with Crippen LogP contribution in [0.25, 0.3) is 44.3 Å². The van der Waals surface area contributed by atoms with Crippen molar-refractivity contribution in [2.24, 2.45) is 0 Å². The molecule has 0 unspecified atom stereocenters. The van der Waals surface area contributed by atoms with Gasteiger partial charge in [0.2, 0.25) is 0 Å². The molecule has 2 aliphatic rings. The van der Waals surface area contributed by atoms with Crippen LogP contribution in [-0.2, 0) is 11.2 Å². The lowest BCUT2D eigenvalue weighted by Crippen LogP contribution is -2.29. The fourth-order valence-electron chi connectivity index (χ4n) is 9.58. The van der Waals surface area contributed by atoms with Crippen molar-refractivity contribution in [2.75, 3.05) is 0 Å². The standard InChI is InChI=1S/C29H25N5O3S3.C24H23N5O2S2/c1-14-12-30-27(39-14)29(36,28-31-13-15(2)40-28)20-10-19(23-16(3)33-37-17(23)4)11-21-24(20)32-25(18-7-8-18)34(21)26(35)22-6-5-9-38-22;1-11-9-25-22(32-11)24(30,23-26-10-12(2)33-23)17-7-16(19-13(3)29-31-14(19)4)8-18-20(17)28-21(27-18)15-5-6-15/h5-6,9-13,18,36H,7-8H2,1-4H3;7-10,15,30H,5-6H2,1-4H3,(H,27,28). The number of nitrogens with zero attached hydrogens (tertiary/aromatic N) is 9. The second kappa shape index (κ2) is 17.9. The molecule has 0 atom stereocenters. The summed E-state index contributed by atoms with van der Waals surface area (Å²) in [7, 11) is 0. The Hall–Kier alpha value is -6.39. The Morgan fingerprint density at radius 2 is 1.12 bits per heavy atom. The van der Waals surface area contributed by atoms with E-state index in [0.717, 1.165) is 107 Å². The predicted octanol–water partition coefficient (Wildman–Crippen LogP) is 12.3. The first-order valence-corrected chi connectivity index (χ1v) is 28.0. The normalized spacial score (nSPS) is 14.2. The highest BCUT2D eigenvalue weighted by molar-refractivity contribution is 7.14. The van der Waals surface area contributed by atoms with Crippen LogP contribution in [0.2, 0.25) is 0 Å². The molecule has 0 saturated heterocycles. The molecule has 11 aromatic rings. The highest BCUT2D eigenvalue weighted by Crippen LogP contribution is 2.49. The largest absolute Gasteiger partial charge is 0.372 e. The summed E-state index contributed by atoms with van der Waals surface area (Å²) >= 11 is 7.19. The summed E-state index contributed by atoms with van der Waals surface area (Å²) in [4.78, 5) is 50.7. The molecule has 73 heavy (non-hydrogen) atoms. The maximum atomic E-state index is 14.0. The van der Waals surface area contributed by atoms with E-state index in [-0.39, 0.29) is 11.8 Å². The van der Waals surface area contributed by atoms with Crippen molar-refractivity contribution < 1.29 is 24.1 Å². The summed E-state index contributed by atoms with van der Waals surface area (Å²) in [6.45, 7) is 15.5. The lowest BCUT2D eigenvalue weighted by molar-refractivity contribution is 0.0965. The molecule has 370 valence electrons. The summed E-state index contributed by atoms with van der Waals surface area (Å²) in [6, 6.07) is 11.7. The molecule has 0 bridgehead atoms. The Kier molecular flexibility index (Phi) is 11.7. The number of aliphatic hydroxyl groups is 2. The topological polar surface area (TPSA) is 208 Å². The number of H-pyrrole nitrogens is 1. The van der Waals surface area contributed by atoms with Gasteiger partial charge in [-0.2, -0.15) is 0 Å². The number of aromatic amines is 1. The summed E-state index contributed by atoms with van der Waals surface area (Å²) in [6.07, 6.45) is 11.3. The number of carbonyl (C=O) groups excluding carboxylic acids is 1. The third-order valence-corrected chi connectivity index (χ3v) is 18.3. The first kappa shape index (κ1) is 47.6. The van der Waals surface area contributed by atoms with Crippen molar-refractivity contribution in [3.63, 3.8) is 0 Å². The average Bonchev–Trinajstić information content (AvgIpc) is 3.89. The Balaban J connectivity index is 0.000000151. The number of thiophene rings is 1. The Morgan fingerprint density at radius 3 is 1.53 bits per heavy atom. The number of aryl methyl sites for hydroxylation is 8. The van der Waals surface area contributed by atoms with Crippen LogP contribution in [-0.4, -0.2) is 65.9 Å². The highest BCUT2D eigenvalue weighted by Gasteiger charge is 2.45. The molecule has 3 N–H and O–H groups in total. The molecule has 2 aliphatic carbocycles. The van der Waals surface area contributed by atoms with Crippen LogP contribution in [0.15, 0.2) is 75.6 Å². The molecule has 2 saturated carbocycles. The molecule has 0 radical (unpaired) electrons. The molecule has 20 heteroatoms. The minimum Gasteiger partial charge on any atom is -0.372 e. The number of nitrogens with one attached hydrogen (secondary N) is 1. The van der Waals surface area contributed by atoms with E-state index >= 15 is 0 Å². The molecule has 0 spiro atoms. The van der Waals surface area contributed by atoms with Crippen molar-refractivity contribution in [3.8, 4) is 22.3 Å². The van der Waals surface area contributed by atoms with Gasteiger partial charge in [-0.3, -0.25) is 9.36 Å². The third-order valence-electron chi connectivity index (χ3n) is 13.4. The van der Waals surface area contributed by atoms with Gasteiger partial charge in [0.15, 0.2) is 11.2 Å². The smallest absolute Gasteiger partial charge is 0.273 e.